The Bertz CT molecular complexity index is 1270. The molecule has 0 aromatic heterocycles. The first-order valence-corrected chi connectivity index (χ1v) is 11.3. The summed E-state index contributed by atoms with van der Waals surface area (Å²) < 4.78 is 24.6. The van der Waals surface area contributed by atoms with Crippen LogP contribution in [0.4, 0.5) is 10.1 Å². The molecule has 7 nitrogen and oxygen atoms in total. The molecule has 0 radical (unpaired) electrons. The Morgan fingerprint density at radius 2 is 1.77 bits per heavy atom. The second-order valence-electron chi connectivity index (χ2n) is 7.28. The van der Waals surface area contributed by atoms with Crippen LogP contribution in [0.15, 0.2) is 59.7 Å². The molecule has 0 spiro atoms. The summed E-state index contributed by atoms with van der Waals surface area (Å²) in [6.07, 6.45) is 1.36. The molecule has 0 atom stereocenters. The molecule has 2 N–H and O–H groups in total. The van der Waals surface area contributed by atoms with Gasteiger partial charge in [-0.3, -0.25) is 9.59 Å². The molecule has 0 saturated heterocycles. The molecule has 10 heteroatoms. The third-order valence-electron chi connectivity index (χ3n) is 4.68. The van der Waals surface area contributed by atoms with Gasteiger partial charge in [-0.1, -0.05) is 35.3 Å². The number of aryl methyl sites for hydroxylation is 1. The molecular weight excluding hydrogens is 496 g/mol. The first-order chi connectivity index (χ1) is 16.8. The van der Waals surface area contributed by atoms with Crippen LogP contribution in [0.25, 0.3) is 0 Å². The molecule has 35 heavy (non-hydrogen) atoms. The van der Waals surface area contributed by atoms with E-state index in [0.29, 0.717) is 39.9 Å². The Kier molecular flexibility index (Phi) is 9.05. The summed E-state index contributed by atoms with van der Waals surface area (Å²) >= 11 is 12.1. The molecule has 0 saturated carbocycles. The standard InChI is InChI=1S/C25H22Cl2FN3O4/c1-3-34-23-10-16(5-9-22(23)35-14-17-6-7-18(28)11-21(17)27)13-29-31-25(33)24(32)30-19-8-4-15(2)20(26)12-19/h4-13H,3,14H2,1-2H3,(H,30,32)(H,31,33)/b29-13+. The van der Waals surface area contributed by atoms with Crippen LogP contribution in [0.2, 0.25) is 10.0 Å². The first kappa shape index (κ1) is 26.0. The van der Waals surface area contributed by atoms with Crippen molar-refractivity contribution in [2.24, 2.45) is 5.10 Å². The van der Waals surface area contributed by atoms with Gasteiger partial charge in [-0.05, 0) is 67.4 Å². The van der Waals surface area contributed by atoms with E-state index in [0.717, 1.165) is 5.56 Å². The fourth-order valence-electron chi connectivity index (χ4n) is 2.86. The van der Waals surface area contributed by atoms with Crippen LogP contribution < -0.4 is 20.2 Å². The van der Waals surface area contributed by atoms with Gasteiger partial charge in [0.15, 0.2) is 11.5 Å². The van der Waals surface area contributed by atoms with Gasteiger partial charge >= 0.3 is 11.8 Å². The number of nitrogens with one attached hydrogen (secondary N) is 2. The Morgan fingerprint density at radius 3 is 2.49 bits per heavy atom. The van der Waals surface area contributed by atoms with Crippen LogP contribution in [0, 0.1) is 12.7 Å². The van der Waals surface area contributed by atoms with Crippen LogP contribution in [-0.4, -0.2) is 24.6 Å². The Balaban J connectivity index is 1.61. The summed E-state index contributed by atoms with van der Waals surface area (Å²) in [4.78, 5) is 24.1. The highest BCUT2D eigenvalue weighted by atomic mass is 35.5. The molecule has 0 heterocycles. The summed E-state index contributed by atoms with van der Waals surface area (Å²) in [6, 6.07) is 14.0. The predicted molar refractivity (Wildman–Crippen MR) is 134 cm³/mol. The number of carbonyl (C=O) groups is 2. The topological polar surface area (TPSA) is 89.0 Å². The minimum atomic E-state index is -0.945. The molecular formula is C25H22Cl2FN3O4. The number of ether oxygens (including phenoxy) is 2. The van der Waals surface area contributed by atoms with Crippen molar-refractivity contribution in [1.29, 1.82) is 0 Å². The number of carbonyl (C=O) groups excluding carboxylic acids is 2. The average molecular weight is 518 g/mol. The van der Waals surface area contributed by atoms with Crippen molar-refractivity contribution in [2.45, 2.75) is 20.5 Å². The highest BCUT2D eigenvalue weighted by molar-refractivity contribution is 6.39. The maximum atomic E-state index is 13.2. The number of hydrogen-bond donors (Lipinski definition) is 2. The van der Waals surface area contributed by atoms with Crippen LogP contribution in [0.1, 0.15) is 23.6 Å². The van der Waals surface area contributed by atoms with Crippen molar-refractivity contribution in [1.82, 2.24) is 5.43 Å². The summed E-state index contributed by atoms with van der Waals surface area (Å²) in [5.74, 6) is -1.37. The Morgan fingerprint density at radius 1 is 0.971 bits per heavy atom. The number of rotatable bonds is 8. The van der Waals surface area contributed by atoms with Gasteiger partial charge in [-0.15, -0.1) is 0 Å². The number of anilines is 1. The zero-order valence-corrected chi connectivity index (χ0v) is 20.4. The van der Waals surface area contributed by atoms with E-state index in [-0.39, 0.29) is 11.6 Å². The Hall–Kier alpha value is -3.62. The van der Waals surface area contributed by atoms with E-state index in [2.05, 4.69) is 15.8 Å². The van der Waals surface area contributed by atoms with Crippen LogP contribution in [0.3, 0.4) is 0 Å². The summed E-state index contributed by atoms with van der Waals surface area (Å²) in [6.45, 7) is 4.14. The highest BCUT2D eigenvalue weighted by Gasteiger charge is 2.14. The van der Waals surface area contributed by atoms with Crippen molar-refractivity contribution in [3.05, 3.63) is 87.2 Å². The molecule has 0 aliphatic rings. The minimum absolute atomic E-state index is 0.115. The normalized spacial score (nSPS) is 10.8. The van der Waals surface area contributed by atoms with Crippen molar-refractivity contribution < 1.29 is 23.5 Å². The SMILES string of the molecule is CCOc1cc(/C=N/NC(=O)C(=O)Nc2ccc(C)c(Cl)c2)ccc1OCc1ccc(F)cc1Cl. The van der Waals surface area contributed by atoms with Gasteiger partial charge in [0.25, 0.3) is 0 Å². The Labute approximate surface area is 211 Å². The largest absolute Gasteiger partial charge is 0.490 e. The molecule has 0 fully saturated rings. The van der Waals surface area contributed by atoms with Crippen LogP contribution in [-0.2, 0) is 16.2 Å². The van der Waals surface area contributed by atoms with Gasteiger partial charge < -0.3 is 14.8 Å². The van der Waals surface area contributed by atoms with E-state index < -0.39 is 17.6 Å². The number of benzene rings is 3. The summed E-state index contributed by atoms with van der Waals surface area (Å²) in [5, 5.41) is 7.00. The smallest absolute Gasteiger partial charge is 0.329 e. The number of amides is 2. The number of hydrazone groups is 1. The molecule has 2 amide bonds. The minimum Gasteiger partial charge on any atom is -0.490 e. The number of halogens is 3. The van der Waals surface area contributed by atoms with Gasteiger partial charge in [-0.25, -0.2) is 9.82 Å². The van der Waals surface area contributed by atoms with Crippen molar-refractivity contribution >= 4 is 46.9 Å². The predicted octanol–water partition coefficient (Wildman–Crippen LogP) is 5.51. The fourth-order valence-corrected chi connectivity index (χ4v) is 3.26. The van der Waals surface area contributed by atoms with E-state index in [9.17, 15) is 14.0 Å². The lowest BCUT2D eigenvalue weighted by Gasteiger charge is -2.13. The van der Waals surface area contributed by atoms with Crippen LogP contribution in [0.5, 0.6) is 11.5 Å². The second-order valence-corrected chi connectivity index (χ2v) is 8.10. The second kappa shape index (κ2) is 12.2. The van der Waals surface area contributed by atoms with Gasteiger partial charge in [0, 0.05) is 16.3 Å². The van der Waals surface area contributed by atoms with Crippen LogP contribution >= 0.6 is 23.2 Å². The van der Waals surface area contributed by atoms with Gasteiger partial charge in [0.2, 0.25) is 0 Å². The van der Waals surface area contributed by atoms with Gasteiger partial charge in [0.1, 0.15) is 12.4 Å². The third-order valence-corrected chi connectivity index (χ3v) is 5.44. The molecule has 0 aliphatic carbocycles. The van der Waals surface area contributed by atoms with E-state index in [1.807, 2.05) is 13.8 Å². The molecule has 0 unspecified atom stereocenters. The van der Waals surface area contributed by atoms with Crippen molar-refractivity contribution in [3.8, 4) is 11.5 Å². The average Bonchev–Trinajstić information content (AvgIpc) is 2.82. The molecule has 0 aliphatic heterocycles. The van der Waals surface area contributed by atoms with Crippen molar-refractivity contribution in [2.75, 3.05) is 11.9 Å². The van der Waals surface area contributed by atoms with E-state index in [4.69, 9.17) is 32.7 Å². The van der Waals surface area contributed by atoms with Crippen molar-refractivity contribution in [3.63, 3.8) is 0 Å². The maximum Gasteiger partial charge on any atom is 0.329 e. The quantitative estimate of drug-likeness (QED) is 0.234. The maximum absolute atomic E-state index is 13.2. The zero-order valence-electron chi connectivity index (χ0n) is 18.9. The van der Waals surface area contributed by atoms with E-state index in [1.165, 1.54) is 18.3 Å². The molecule has 3 aromatic carbocycles. The lowest BCUT2D eigenvalue weighted by Crippen LogP contribution is -2.32. The summed E-state index contributed by atoms with van der Waals surface area (Å²) in [5.41, 5.74) is 4.62. The molecule has 3 rings (SSSR count). The van der Waals surface area contributed by atoms with E-state index >= 15 is 0 Å². The lowest BCUT2D eigenvalue weighted by atomic mass is 10.2. The fraction of sp³-hybridized carbons (Fsp3) is 0.160. The lowest BCUT2D eigenvalue weighted by molar-refractivity contribution is -0.136. The third kappa shape index (κ3) is 7.43. The van der Waals surface area contributed by atoms with Gasteiger partial charge in [-0.2, -0.15) is 5.10 Å². The molecule has 182 valence electrons. The molecule has 3 aromatic rings. The first-order valence-electron chi connectivity index (χ1n) is 10.5. The zero-order chi connectivity index (χ0) is 25.4. The van der Waals surface area contributed by atoms with E-state index in [1.54, 1.807) is 42.5 Å². The number of nitrogens with zero attached hydrogens (tertiary/aromatic N) is 1. The van der Waals surface area contributed by atoms with Gasteiger partial charge in [0.05, 0.1) is 17.8 Å². The molecule has 0 bridgehead atoms. The monoisotopic (exact) mass is 517 g/mol. The summed E-state index contributed by atoms with van der Waals surface area (Å²) in [7, 11) is 0. The highest BCUT2D eigenvalue weighted by Crippen LogP contribution is 2.30. The number of hydrogen-bond acceptors (Lipinski definition) is 5.